The van der Waals surface area contributed by atoms with Crippen molar-refractivity contribution in [1.29, 1.82) is 0 Å². The van der Waals surface area contributed by atoms with Crippen LogP contribution in [0.5, 0.6) is 0 Å². The molecule has 1 aliphatic heterocycles. The lowest BCUT2D eigenvalue weighted by Crippen LogP contribution is -2.36. The maximum atomic E-state index is 12.3. The Morgan fingerprint density at radius 1 is 1.08 bits per heavy atom. The van der Waals surface area contributed by atoms with E-state index in [2.05, 4.69) is 10.2 Å². The van der Waals surface area contributed by atoms with Crippen molar-refractivity contribution in [3.63, 3.8) is 0 Å². The van der Waals surface area contributed by atoms with E-state index in [-0.39, 0.29) is 5.91 Å². The first-order chi connectivity index (χ1) is 12.2. The van der Waals surface area contributed by atoms with Gasteiger partial charge in [0.1, 0.15) is 0 Å². The quantitative estimate of drug-likeness (QED) is 0.794. The summed E-state index contributed by atoms with van der Waals surface area (Å²) in [5, 5.41) is 2.85. The summed E-state index contributed by atoms with van der Waals surface area (Å²) in [5.74, 6) is -0.141. The molecular formula is C20H25N3O2. The Labute approximate surface area is 148 Å². The summed E-state index contributed by atoms with van der Waals surface area (Å²) >= 11 is 0. The molecule has 5 nitrogen and oxygen atoms in total. The van der Waals surface area contributed by atoms with Gasteiger partial charge in [0.05, 0.1) is 24.6 Å². The van der Waals surface area contributed by atoms with Gasteiger partial charge in [-0.1, -0.05) is 24.3 Å². The molecule has 1 saturated heterocycles. The van der Waals surface area contributed by atoms with Gasteiger partial charge in [-0.3, -0.25) is 9.69 Å². The number of nitrogens with zero attached hydrogens (tertiary/aromatic N) is 1. The van der Waals surface area contributed by atoms with Crippen LogP contribution in [0.2, 0.25) is 0 Å². The van der Waals surface area contributed by atoms with E-state index in [1.807, 2.05) is 36.4 Å². The van der Waals surface area contributed by atoms with Crippen molar-refractivity contribution in [2.45, 2.75) is 12.8 Å². The van der Waals surface area contributed by atoms with E-state index < -0.39 is 0 Å². The summed E-state index contributed by atoms with van der Waals surface area (Å²) in [7, 11) is 0. The molecule has 0 atom stereocenters. The van der Waals surface area contributed by atoms with Crippen molar-refractivity contribution >= 4 is 17.3 Å². The van der Waals surface area contributed by atoms with Crippen molar-refractivity contribution in [2.24, 2.45) is 0 Å². The number of carbonyl (C=O) groups excluding carboxylic acids is 1. The fraction of sp³-hybridized carbons (Fsp3) is 0.350. The maximum absolute atomic E-state index is 12.3. The largest absolute Gasteiger partial charge is 0.397 e. The van der Waals surface area contributed by atoms with Gasteiger partial charge in [-0.25, -0.2) is 0 Å². The van der Waals surface area contributed by atoms with Gasteiger partial charge in [0.15, 0.2) is 0 Å². The third-order valence-electron chi connectivity index (χ3n) is 4.47. The number of para-hydroxylation sites is 2. The number of nitrogens with one attached hydrogen (secondary N) is 1. The molecule has 132 valence electrons. The van der Waals surface area contributed by atoms with E-state index in [4.69, 9.17) is 10.5 Å². The van der Waals surface area contributed by atoms with E-state index in [0.717, 1.165) is 45.7 Å². The molecule has 0 radical (unpaired) electrons. The number of nitrogen functional groups attached to an aromatic ring is 1. The molecule has 0 aliphatic carbocycles. The van der Waals surface area contributed by atoms with E-state index in [1.165, 1.54) is 5.56 Å². The number of hydrogen-bond acceptors (Lipinski definition) is 4. The lowest BCUT2D eigenvalue weighted by atomic mass is 10.1. The second kappa shape index (κ2) is 8.65. The highest BCUT2D eigenvalue weighted by atomic mass is 16.5. The minimum atomic E-state index is -0.141. The standard InChI is InChI=1S/C20H25N3O2/c21-18-5-1-2-6-19(18)22-20(24)17-9-7-16(8-10-17)4-3-11-23-12-14-25-15-13-23/h1-2,5-10H,3-4,11-15,21H2,(H,22,24). The molecule has 1 aliphatic rings. The Morgan fingerprint density at radius 3 is 2.52 bits per heavy atom. The summed E-state index contributed by atoms with van der Waals surface area (Å²) < 4.78 is 5.36. The molecule has 0 saturated carbocycles. The average Bonchev–Trinajstić information content (AvgIpc) is 2.65. The van der Waals surface area contributed by atoms with Crippen LogP contribution in [-0.2, 0) is 11.2 Å². The molecule has 3 rings (SSSR count). The third-order valence-corrected chi connectivity index (χ3v) is 4.47. The molecule has 1 fully saturated rings. The summed E-state index contributed by atoms with van der Waals surface area (Å²) in [6.45, 7) is 4.84. The number of hydrogen-bond donors (Lipinski definition) is 2. The van der Waals surface area contributed by atoms with Gasteiger partial charge >= 0.3 is 0 Å². The van der Waals surface area contributed by atoms with Gasteiger partial charge in [0, 0.05) is 18.7 Å². The minimum absolute atomic E-state index is 0.141. The molecule has 2 aromatic carbocycles. The summed E-state index contributed by atoms with van der Waals surface area (Å²) in [5.41, 5.74) is 8.96. The average molecular weight is 339 g/mol. The van der Waals surface area contributed by atoms with E-state index >= 15 is 0 Å². The number of aryl methyl sites for hydroxylation is 1. The Morgan fingerprint density at radius 2 is 1.80 bits per heavy atom. The van der Waals surface area contributed by atoms with Crippen molar-refractivity contribution < 1.29 is 9.53 Å². The second-order valence-corrected chi connectivity index (χ2v) is 6.30. The first-order valence-corrected chi connectivity index (χ1v) is 8.77. The number of amides is 1. The van der Waals surface area contributed by atoms with Crippen LogP contribution in [0.4, 0.5) is 11.4 Å². The van der Waals surface area contributed by atoms with Crippen LogP contribution >= 0.6 is 0 Å². The topological polar surface area (TPSA) is 67.6 Å². The number of anilines is 2. The molecule has 0 bridgehead atoms. The van der Waals surface area contributed by atoms with Crippen LogP contribution in [0, 0.1) is 0 Å². The number of nitrogens with two attached hydrogens (primary N) is 1. The van der Waals surface area contributed by atoms with Gasteiger partial charge in [0.25, 0.3) is 5.91 Å². The van der Waals surface area contributed by atoms with Crippen LogP contribution in [0.15, 0.2) is 48.5 Å². The normalized spacial score (nSPS) is 15.0. The maximum Gasteiger partial charge on any atom is 0.255 e. The molecule has 2 aromatic rings. The smallest absolute Gasteiger partial charge is 0.255 e. The fourth-order valence-corrected chi connectivity index (χ4v) is 2.96. The highest BCUT2D eigenvalue weighted by Gasteiger charge is 2.10. The Kier molecular flexibility index (Phi) is 6.04. The highest BCUT2D eigenvalue weighted by Crippen LogP contribution is 2.18. The SMILES string of the molecule is Nc1ccccc1NC(=O)c1ccc(CCCN2CCOCC2)cc1. The lowest BCUT2D eigenvalue weighted by molar-refractivity contribution is 0.0375. The van der Waals surface area contributed by atoms with Crippen LogP contribution in [0.1, 0.15) is 22.3 Å². The molecule has 25 heavy (non-hydrogen) atoms. The van der Waals surface area contributed by atoms with Crippen LogP contribution in [0.25, 0.3) is 0 Å². The Bertz CT molecular complexity index is 694. The molecule has 0 spiro atoms. The molecule has 5 heteroatoms. The predicted molar refractivity (Wildman–Crippen MR) is 101 cm³/mol. The van der Waals surface area contributed by atoms with Crippen molar-refractivity contribution in [2.75, 3.05) is 43.9 Å². The zero-order valence-corrected chi connectivity index (χ0v) is 14.4. The summed E-state index contributed by atoms with van der Waals surface area (Å²) in [4.78, 5) is 14.8. The van der Waals surface area contributed by atoms with Crippen molar-refractivity contribution in [3.8, 4) is 0 Å². The fourth-order valence-electron chi connectivity index (χ4n) is 2.96. The van der Waals surface area contributed by atoms with E-state index in [0.29, 0.717) is 16.9 Å². The lowest BCUT2D eigenvalue weighted by Gasteiger charge is -2.26. The number of rotatable bonds is 6. The molecule has 0 unspecified atom stereocenters. The number of morpholine rings is 1. The Balaban J connectivity index is 1.49. The molecule has 3 N–H and O–H groups in total. The molecule has 1 amide bonds. The van der Waals surface area contributed by atoms with E-state index in [9.17, 15) is 4.79 Å². The van der Waals surface area contributed by atoms with Gasteiger partial charge in [-0.2, -0.15) is 0 Å². The minimum Gasteiger partial charge on any atom is -0.397 e. The summed E-state index contributed by atoms with van der Waals surface area (Å²) in [6, 6.07) is 15.1. The van der Waals surface area contributed by atoms with Gasteiger partial charge < -0.3 is 15.8 Å². The van der Waals surface area contributed by atoms with Gasteiger partial charge in [-0.15, -0.1) is 0 Å². The van der Waals surface area contributed by atoms with Crippen LogP contribution < -0.4 is 11.1 Å². The zero-order chi connectivity index (χ0) is 17.5. The highest BCUT2D eigenvalue weighted by molar-refractivity contribution is 6.05. The molecule has 1 heterocycles. The van der Waals surface area contributed by atoms with Crippen molar-refractivity contribution in [3.05, 3.63) is 59.7 Å². The second-order valence-electron chi connectivity index (χ2n) is 6.30. The number of ether oxygens (including phenoxy) is 1. The monoisotopic (exact) mass is 339 g/mol. The predicted octanol–water partition coefficient (Wildman–Crippen LogP) is 2.79. The van der Waals surface area contributed by atoms with Crippen LogP contribution in [-0.4, -0.2) is 43.7 Å². The number of benzene rings is 2. The first-order valence-electron chi connectivity index (χ1n) is 8.77. The molecular weight excluding hydrogens is 314 g/mol. The Hall–Kier alpha value is -2.37. The van der Waals surface area contributed by atoms with Crippen LogP contribution in [0.3, 0.4) is 0 Å². The zero-order valence-electron chi connectivity index (χ0n) is 14.4. The third kappa shape index (κ3) is 5.05. The summed E-state index contributed by atoms with van der Waals surface area (Å²) in [6.07, 6.45) is 2.14. The number of carbonyl (C=O) groups is 1. The van der Waals surface area contributed by atoms with Crippen molar-refractivity contribution in [1.82, 2.24) is 4.90 Å². The first kappa shape index (κ1) is 17.5. The van der Waals surface area contributed by atoms with Gasteiger partial charge in [0.2, 0.25) is 0 Å². The van der Waals surface area contributed by atoms with Gasteiger partial charge in [-0.05, 0) is 49.2 Å². The van der Waals surface area contributed by atoms with E-state index in [1.54, 1.807) is 12.1 Å². The molecule has 0 aromatic heterocycles.